The zero-order chi connectivity index (χ0) is 14.7. The minimum Gasteiger partial charge on any atom is -0.350 e. The molecule has 21 heavy (non-hydrogen) atoms. The number of rotatable bonds is 4. The summed E-state index contributed by atoms with van der Waals surface area (Å²) < 4.78 is 1.93. The molecule has 2 fully saturated rings. The Morgan fingerprint density at radius 2 is 2.43 bits per heavy atom. The van der Waals surface area contributed by atoms with Gasteiger partial charge in [-0.15, -0.1) is 0 Å². The second-order valence-electron chi connectivity index (χ2n) is 6.31. The molecule has 2 unspecified atom stereocenters. The van der Waals surface area contributed by atoms with Crippen molar-refractivity contribution in [2.75, 3.05) is 39.8 Å². The van der Waals surface area contributed by atoms with Gasteiger partial charge in [0.15, 0.2) is 0 Å². The van der Waals surface area contributed by atoms with Crippen molar-refractivity contribution in [2.45, 2.75) is 25.3 Å². The lowest BCUT2D eigenvalue weighted by molar-refractivity contribution is 0.0941. The van der Waals surface area contributed by atoms with Gasteiger partial charge in [0.2, 0.25) is 0 Å². The molecular formula is C15H25N5O. The molecule has 0 radical (unpaired) electrons. The molecule has 0 saturated carbocycles. The van der Waals surface area contributed by atoms with Gasteiger partial charge in [-0.3, -0.25) is 9.48 Å². The highest BCUT2D eigenvalue weighted by molar-refractivity contribution is 5.92. The van der Waals surface area contributed by atoms with Gasteiger partial charge in [0, 0.05) is 25.8 Å². The molecule has 1 aromatic rings. The quantitative estimate of drug-likeness (QED) is 0.847. The summed E-state index contributed by atoms with van der Waals surface area (Å²) in [5, 5.41) is 10.8. The van der Waals surface area contributed by atoms with Crippen molar-refractivity contribution < 1.29 is 4.79 Å². The van der Waals surface area contributed by atoms with Crippen LogP contribution in [0, 0.1) is 5.92 Å². The summed E-state index contributed by atoms with van der Waals surface area (Å²) in [6.45, 7) is 4.98. The molecule has 2 saturated heterocycles. The van der Waals surface area contributed by atoms with Crippen LogP contribution in [0.5, 0.6) is 0 Å². The van der Waals surface area contributed by atoms with E-state index in [2.05, 4.69) is 27.7 Å². The third kappa shape index (κ3) is 3.63. The predicted molar refractivity (Wildman–Crippen MR) is 81.3 cm³/mol. The van der Waals surface area contributed by atoms with Crippen molar-refractivity contribution >= 4 is 5.91 Å². The van der Waals surface area contributed by atoms with Gasteiger partial charge >= 0.3 is 0 Å². The van der Waals surface area contributed by atoms with Gasteiger partial charge in [-0.2, -0.15) is 5.10 Å². The lowest BCUT2D eigenvalue weighted by Crippen LogP contribution is -2.33. The average molecular weight is 291 g/mol. The van der Waals surface area contributed by atoms with E-state index in [0.29, 0.717) is 17.7 Å². The number of amides is 1. The Morgan fingerprint density at radius 1 is 1.52 bits per heavy atom. The van der Waals surface area contributed by atoms with Crippen LogP contribution in [0.1, 0.15) is 35.8 Å². The molecule has 116 valence electrons. The van der Waals surface area contributed by atoms with E-state index in [1.807, 2.05) is 16.9 Å². The third-order valence-corrected chi connectivity index (χ3v) is 4.53. The van der Waals surface area contributed by atoms with Gasteiger partial charge in [-0.1, -0.05) is 0 Å². The number of carbonyl (C=O) groups is 1. The summed E-state index contributed by atoms with van der Waals surface area (Å²) in [5.41, 5.74) is 0.534. The molecule has 0 spiro atoms. The zero-order valence-corrected chi connectivity index (χ0v) is 12.7. The van der Waals surface area contributed by atoms with E-state index in [4.69, 9.17) is 0 Å². The third-order valence-electron chi connectivity index (χ3n) is 4.53. The lowest BCUT2D eigenvalue weighted by Gasteiger charge is -2.22. The van der Waals surface area contributed by atoms with Crippen LogP contribution in [0.25, 0.3) is 0 Å². The second-order valence-corrected chi connectivity index (χ2v) is 6.31. The lowest BCUT2D eigenvalue weighted by atomic mass is 10.1. The molecule has 3 heterocycles. The molecule has 6 heteroatoms. The first-order valence-electron chi connectivity index (χ1n) is 7.95. The number of nitrogens with one attached hydrogen (secondary N) is 2. The Morgan fingerprint density at radius 3 is 3.14 bits per heavy atom. The summed E-state index contributed by atoms with van der Waals surface area (Å²) in [7, 11) is 2.13. The highest BCUT2D eigenvalue weighted by Crippen LogP contribution is 2.16. The van der Waals surface area contributed by atoms with Crippen LogP contribution in [-0.4, -0.2) is 60.4 Å². The van der Waals surface area contributed by atoms with E-state index < -0.39 is 0 Å². The van der Waals surface area contributed by atoms with E-state index in [1.165, 1.54) is 12.8 Å². The molecule has 2 aliphatic rings. The fourth-order valence-corrected chi connectivity index (χ4v) is 3.24. The standard InChI is InChI=1S/C15H25N5O/c1-19-7-4-12(11-19)9-17-15(21)14-5-8-20(18-14)13-3-2-6-16-10-13/h5,8,12-13,16H,2-4,6-7,9-11H2,1H3,(H,17,21). The predicted octanol–water partition coefficient (Wildman–Crippen LogP) is 0.489. The van der Waals surface area contributed by atoms with Crippen LogP contribution in [0.3, 0.4) is 0 Å². The van der Waals surface area contributed by atoms with Crippen LogP contribution < -0.4 is 10.6 Å². The van der Waals surface area contributed by atoms with E-state index >= 15 is 0 Å². The number of likely N-dealkylation sites (tertiary alicyclic amines) is 1. The van der Waals surface area contributed by atoms with Gasteiger partial charge in [-0.05, 0) is 51.4 Å². The van der Waals surface area contributed by atoms with Crippen LogP contribution in [0.15, 0.2) is 12.3 Å². The summed E-state index contributed by atoms with van der Waals surface area (Å²) in [6, 6.07) is 2.20. The largest absolute Gasteiger partial charge is 0.350 e. The first kappa shape index (κ1) is 14.5. The number of nitrogens with zero attached hydrogens (tertiary/aromatic N) is 3. The molecule has 6 nitrogen and oxygen atoms in total. The molecule has 2 aliphatic heterocycles. The van der Waals surface area contributed by atoms with Gasteiger partial charge in [-0.25, -0.2) is 0 Å². The Labute approximate surface area is 125 Å². The molecular weight excluding hydrogens is 266 g/mol. The fraction of sp³-hybridized carbons (Fsp3) is 0.733. The van der Waals surface area contributed by atoms with Crippen molar-refractivity contribution in [2.24, 2.45) is 5.92 Å². The molecule has 2 atom stereocenters. The molecule has 2 N–H and O–H groups in total. The number of aromatic nitrogens is 2. The smallest absolute Gasteiger partial charge is 0.271 e. The van der Waals surface area contributed by atoms with Gasteiger partial charge in [0.05, 0.1) is 6.04 Å². The maximum Gasteiger partial charge on any atom is 0.271 e. The van der Waals surface area contributed by atoms with E-state index in [1.54, 1.807) is 0 Å². The van der Waals surface area contributed by atoms with Crippen molar-refractivity contribution in [3.8, 4) is 0 Å². The Balaban J connectivity index is 1.51. The fourth-order valence-electron chi connectivity index (χ4n) is 3.24. The molecule has 0 aromatic carbocycles. The monoisotopic (exact) mass is 291 g/mol. The highest BCUT2D eigenvalue weighted by Gasteiger charge is 2.21. The Bertz CT molecular complexity index is 480. The minimum absolute atomic E-state index is 0.0490. The van der Waals surface area contributed by atoms with Gasteiger partial charge < -0.3 is 15.5 Å². The van der Waals surface area contributed by atoms with Crippen LogP contribution in [0.2, 0.25) is 0 Å². The number of piperidine rings is 1. The Hall–Kier alpha value is -1.40. The maximum atomic E-state index is 12.2. The highest BCUT2D eigenvalue weighted by atomic mass is 16.1. The second kappa shape index (κ2) is 6.58. The van der Waals surface area contributed by atoms with E-state index in [-0.39, 0.29) is 5.91 Å². The molecule has 1 aromatic heterocycles. The van der Waals surface area contributed by atoms with Crippen LogP contribution >= 0.6 is 0 Å². The van der Waals surface area contributed by atoms with Crippen molar-refractivity contribution in [1.82, 2.24) is 25.3 Å². The number of hydrogen-bond acceptors (Lipinski definition) is 4. The maximum absolute atomic E-state index is 12.2. The topological polar surface area (TPSA) is 62.2 Å². The number of carbonyl (C=O) groups excluding carboxylic acids is 1. The first-order chi connectivity index (χ1) is 10.2. The first-order valence-corrected chi connectivity index (χ1v) is 7.95. The summed E-state index contributed by atoms with van der Waals surface area (Å²) in [6.07, 6.45) is 5.39. The molecule has 1 amide bonds. The van der Waals surface area contributed by atoms with Gasteiger partial charge in [0.1, 0.15) is 5.69 Å². The average Bonchev–Trinajstić information content (AvgIpc) is 3.15. The van der Waals surface area contributed by atoms with Crippen molar-refractivity contribution in [1.29, 1.82) is 0 Å². The van der Waals surface area contributed by atoms with E-state index in [0.717, 1.165) is 39.1 Å². The summed E-state index contributed by atoms with van der Waals surface area (Å²) in [4.78, 5) is 14.5. The normalized spacial score (nSPS) is 26.9. The summed E-state index contributed by atoms with van der Waals surface area (Å²) in [5.74, 6) is 0.524. The Kier molecular flexibility index (Phi) is 4.55. The molecule has 3 rings (SSSR count). The molecule has 0 aliphatic carbocycles. The minimum atomic E-state index is -0.0490. The van der Waals surface area contributed by atoms with Crippen LogP contribution in [-0.2, 0) is 0 Å². The zero-order valence-electron chi connectivity index (χ0n) is 12.7. The van der Waals surface area contributed by atoms with Crippen molar-refractivity contribution in [3.05, 3.63) is 18.0 Å². The van der Waals surface area contributed by atoms with E-state index in [9.17, 15) is 4.79 Å². The molecule has 0 bridgehead atoms. The SMILES string of the molecule is CN1CCC(CNC(=O)c2ccn(C3CCCNC3)n2)C1. The summed E-state index contributed by atoms with van der Waals surface area (Å²) >= 11 is 0. The number of hydrogen-bond donors (Lipinski definition) is 2. The van der Waals surface area contributed by atoms with Crippen molar-refractivity contribution in [3.63, 3.8) is 0 Å². The van der Waals surface area contributed by atoms with Crippen LogP contribution in [0.4, 0.5) is 0 Å². The van der Waals surface area contributed by atoms with Gasteiger partial charge in [0.25, 0.3) is 5.91 Å².